The Kier molecular flexibility index (Phi) is 5.02. The number of rotatable bonds is 5. The summed E-state index contributed by atoms with van der Waals surface area (Å²) in [5.41, 5.74) is 0. The quantitative estimate of drug-likeness (QED) is 0.791. The molecule has 1 heterocycles. The Morgan fingerprint density at radius 1 is 1.38 bits per heavy atom. The van der Waals surface area contributed by atoms with Gasteiger partial charge in [-0.1, -0.05) is 15.9 Å². The lowest BCUT2D eigenvalue weighted by atomic mass is 10.3. The monoisotopic (exact) mass is 391 g/mol. The van der Waals surface area contributed by atoms with E-state index in [1.807, 2.05) is 0 Å². The molecule has 2 rings (SSSR count). The average Bonchev–Trinajstić information content (AvgIpc) is 2.40. The van der Waals surface area contributed by atoms with Crippen LogP contribution in [0.4, 0.5) is 5.82 Å². The smallest absolute Gasteiger partial charge is 0.266 e. The van der Waals surface area contributed by atoms with Crippen LogP contribution in [0.2, 0.25) is 5.28 Å². The molecule has 2 aromatic rings. The molecule has 0 spiro atoms. The summed E-state index contributed by atoms with van der Waals surface area (Å²) in [5.74, 6) is 0.339. The van der Waals surface area contributed by atoms with Crippen molar-refractivity contribution in [3.63, 3.8) is 0 Å². The summed E-state index contributed by atoms with van der Waals surface area (Å²) >= 11 is 8.88. The van der Waals surface area contributed by atoms with Crippen LogP contribution in [0.25, 0.3) is 0 Å². The van der Waals surface area contributed by atoms with Gasteiger partial charge in [-0.05, 0) is 42.8 Å². The molecule has 0 fully saturated rings. The molecule has 0 amide bonds. The fourth-order valence-corrected chi connectivity index (χ4v) is 3.38. The van der Waals surface area contributed by atoms with E-state index in [1.165, 1.54) is 18.3 Å². The average molecular weight is 393 g/mol. The molecule has 0 aliphatic carbocycles. The highest BCUT2D eigenvalue weighted by molar-refractivity contribution is 9.10. The maximum Gasteiger partial charge on any atom is 0.266 e. The lowest BCUT2D eigenvalue weighted by Crippen LogP contribution is -2.15. The van der Waals surface area contributed by atoms with Gasteiger partial charge >= 0.3 is 0 Å². The number of hydrogen-bond acceptors (Lipinski definition) is 5. The second kappa shape index (κ2) is 6.59. The van der Waals surface area contributed by atoms with Crippen LogP contribution in [0.5, 0.6) is 5.75 Å². The number of sulfonamides is 1. The molecule has 1 aromatic heterocycles. The van der Waals surface area contributed by atoms with Gasteiger partial charge in [0.15, 0.2) is 0 Å². The largest absolute Gasteiger partial charge is 0.492 e. The topological polar surface area (TPSA) is 81.2 Å². The minimum Gasteiger partial charge on any atom is -0.492 e. The van der Waals surface area contributed by atoms with Crippen LogP contribution >= 0.6 is 27.5 Å². The van der Waals surface area contributed by atoms with Crippen molar-refractivity contribution >= 4 is 43.4 Å². The van der Waals surface area contributed by atoms with E-state index in [0.717, 1.165) is 0 Å². The maximum absolute atomic E-state index is 12.4. The highest BCUT2D eigenvalue weighted by Gasteiger charge is 2.21. The minimum atomic E-state index is -3.86. The van der Waals surface area contributed by atoms with E-state index < -0.39 is 10.0 Å². The summed E-state index contributed by atoms with van der Waals surface area (Å²) < 4.78 is 33.2. The van der Waals surface area contributed by atoms with Crippen LogP contribution in [0.3, 0.4) is 0 Å². The number of benzene rings is 1. The second-order valence-corrected chi connectivity index (χ2v) is 6.75. The van der Waals surface area contributed by atoms with Gasteiger partial charge in [0.05, 0.1) is 6.61 Å². The fourth-order valence-electron chi connectivity index (χ4n) is 1.55. The van der Waals surface area contributed by atoms with Crippen molar-refractivity contribution in [2.24, 2.45) is 0 Å². The third-order valence-corrected chi connectivity index (χ3v) is 4.41. The number of anilines is 1. The number of aromatic nitrogens is 2. The molecule has 9 heteroatoms. The van der Waals surface area contributed by atoms with Crippen molar-refractivity contribution in [1.82, 2.24) is 9.97 Å². The first kappa shape index (κ1) is 16.0. The standard InChI is InChI=1S/C12H11BrClN3O3S/c1-2-20-9-4-3-8(13)7-10(9)21(18,19)17-11-5-6-15-12(14)16-11/h3-7H,2H2,1H3,(H,15,16,17). The van der Waals surface area contributed by atoms with Gasteiger partial charge in [-0.25, -0.2) is 13.4 Å². The third-order valence-electron chi connectivity index (χ3n) is 2.36. The molecule has 1 N–H and O–H groups in total. The zero-order valence-electron chi connectivity index (χ0n) is 10.9. The van der Waals surface area contributed by atoms with E-state index in [2.05, 4.69) is 30.6 Å². The number of ether oxygens (including phenoxy) is 1. The molecule has 6 nitrogen and oxygen atoms in total. The first-order valence-electron chi connectivity index (χ1n) is 5.86. The van der Waals surface area contributed by atoms with E-state index in [-0.39, 0.29) is 21.7 Å². The Balaban J connectivity index is 2.41. The van der Waals surface area contributed by atoms with Gasteiger partial charge in [-0.15, -0.1) is 0 Å². The lowest BCUT2D eigenvalue weighted by Gasteiger charge is -2.12. The first-order chi connectivity index (χ1) is 9.92. The summed E-state index contributed by atoms with van der Waals surface area (Å²) in [6.45, 7) is 2.12. The lowest BCUT2D eigenvalue weighted by molar-refractivity contribution is 0.331. The number of nitrogens with zero attached hydrogens (tertiary/aromatic N) is 2. The Morgan fingerprint density at radius 2 is 2.14 bits per heavy atom. The summed E-state index contributed by atoms with van der Waals surface area (Å²) in [4.78, 5) is 7.49. The molecule has 1 aromatic carbocycles. The normalized spacial score (nSPS) is 11.2. The third kappa shape index (κ3) is 4.05. The number of nitrogens with one attached hydrogen (secondary N) is 1. The van der Waals surface area contributed by atoms with Gasteiger partial charge in [-0.2, -0.15) is 4.98 Å². The van der Waals surface area contributed by atoms with Crippen molar-refractivity contribution in [3.05, 3.63) is 40.2 Å². The highest BCUT2D eigenvalue weighted by atomic mass is 79.9. The van der Waals surface area contributed by atoms with E-state index >= 15 is 0 Å². The summed E-state index contributed by atoms with van der Waals surface area (Å²) in [5, 5.41) is -0.0468. The SMILES string of the molecule is CCOc1ccc(Br)cc1S(=O)(=O)Nc1ccnc(Cl)n1. The van der Waals surface area contributed by atoms with Gasteiger partial charge in [0, 0.05) is 10.7 Å². The van der Waals surface area contributed by atoms with Crippen LogP contribution in [-0.2, 0) is 10.0 Å². The summed E-state index contributed by atoms with van der Waals surface area (Å²) in [6, 6.07) is 6.14. The van der Waals surface area contributed by atoms with E-state index in [9.17, 15) is 8.42 Å². The van der Waals surface area contributed by atoms with Gasteiger partial charge in [0.1, 0.15) is 16.5 Å². The van der Waals surface area contributed by atoms with E-state index in [0.29, 0.717) is 11.1 Å². The molecule has 21 heavy (non-hydrogen) atoms. The van der Waals surface area contributed by atoms with Crippen LogP contribution in [-0.4, -0.2) is 25.0 Å². The van der Waals surface area contributed by atoms with Crippen molar-refractivity contribution in [3.8, 4) is 5.75 Å². The maximum atomic E-state index is 12.4. The van der Waals surface area contributed by atoms with Gasteiger partial charge in [-0.3, -0.25) is 4.72 Å². The highest BCUT2D eigenvalue weighted by Crippen LogP contribution is 2.29. The fraction of sp³-hybridized carbons (Fsp3) is 0.167. The van der Waals surface area contributed by atoms with Crippen LogP contribution in [0.15, 0.2) is 39.8 Å². The van der Waals surface area contributed by atoms with Crippen molar-refractivity contribution in [2.45, 2.75) is 11.8 Å². The van der Waals surface area contributed by atoms with Crippen LogP contribution in [0.1, 0.15) is 6.92 Å². The van der Waals surface area contributed by atoms with Gasteiger partial charge < -0.3 is 4.74 Å². The Labute approximate surface area is 135 Å². The number of hydrogen-bond donors (Lipinski definition) is 1. The Hall–Kier alpha value is -1.38. The van der Waals surface area contributed by atoms with Crippen molar-refractivity contribution in [1.29, 1.82) is 0 Å². The summed E-state index contributed by atoms with van der Waals surface area (Å²) in [6.07, 6.45) is 1.36. The summed E-state index contributed by atoms with van der Waals surface area (Å²) in [7, 11) is -3.86. The first-order valence-corrected chi connectivity index (χ1v) is 8.51. The molecule has 0 aliphatic heterocycles. The molecular formula is C12H11BrClN3O3S. The zero-order valence-corrected chi connectivity index (χ0v) is 14.0. The molecular weight excluding hydrogens is 382 g/mol. The molecule has 0 radical (unpaired) electrons. The number of halogens is 2. The van der Waals surface area contributed by atoms with Crippen molar-refractivity contribution in [2.75, 3.05) is 11.3 Å². The van der Waals surface area contributed by atoms with Crippen LogP contribution < -0.4 is 9.46 Å². The van der Waals surface area contributed by atoms with Gasteiger partial charge in [0.2, 0.25) is 5.28 Å². The molecule has 0 unspecified atom stereocenters. The molecule has 112 valence electrons. The van der Waals surface area contributed by atoms with E-state index in [1.54, 1.807) is 19.1 Å². The molecule has 0 saturated carbocycles. The van der Waals surface area contributed by atoms with Crippen molar-refractivity contribution < 1.29 is 13.2 Å². The Morgan fingerprint density at radius 3 is 2.81 bits per heavy atom. The van der Waals surface area contributed by atoms with E-state index in [4.69, 9.17) is 16.3 Å². The molecule has 0 bridgehead atoms. The minimum absolute atomic E-state index is 0.00783. The molecule has 0 saturated heterocycles. The van der Waals surface area contributed by atoms with Gasteiger partial charge in [0.25, 0.3) is 10.0 Å². The van der Waals surface area contributed by atoms with Crippen LogP contribution in [0, 0.1) is 0 Å². The molecule has 0 atom stereocenters. The predicted octanol–water partition coefficient (Wildman–Crippen LogP) is 3.09. The molecule has 0 aliphatic rings. The Bertz CT molecular complexity index is 755. The second-order valence-electron chi connectivity index (χ2n) is 3.84. The predicted molar refractivity (Wildman–Crippen MR) is 83.2 cm³/mol. The zero-order chi connectivity index (χ0) is 15.5.